The van der Waals surface area contributed by atoms with Crippen molar-refractivity contribution in [2.75, 3.05) is 21.2 Å². The van der Waals surface area contributed by atoms with Gasteiger partial charge in [-0.25, -0.2) is 17.5 Å². The Morgan fingerprint density at radius 3 is 2.24 bits per heavy atom. The molecule has 0 spiro atoms. The Kier molecular flexibility index (Phi) is 5.49. The van der Waals surface area contributed by atoms with E-state index in [0.717, 1.165) is 15.4 Å². The number of nitrogens with zero attached hydrogens (tertiary/aromatic N) is 1. The van der Waals surface area contributed by atoms with Crippen molar-refractivity contribution < 1.29 is 22.7 Å². The van der Waals surface area contributed by atoms with Crippen molar-refractivity contribution in [2.24, 2.45) is 0 Å². The Morgan fingerprint density at radius 1 is 1.00 bits per heavy atom. The fourth-order valence-corrected chi connectivity index (χ4v) is 3.22. The van der Waals surface area contributed by atoms with E-state index >= 15 is 0 Å². The Hall–Kier alpha value is -2.38. The van der Waals surface area contributed by atoms with E-state index in [1.54, 1.807) is 12.1 Å². The van der Waals surface area contributed by atoms with Gasteiger partial charge in [0.25, 0.3) is 0 Å². The molecule has 0 atom stereocenters. The van der Waals surface area contributed by atoms with Gasteiger partial charge in [-0.1, -0.05) is 6.07 Å². The molecule has 25 heavy (non-hydrogen) atoms. The van der Waals surface area contributed by atoms with Crippen molar-refractivity contribution in [1.29, 1.82) is 0 Å². The summed E-state index contributed by atoms with van der Waals surface area (Å²) in [6.45, 7) is 3.88. The topological polar surface area (TPSA) is 72.9 Å². The highest BCUT2D eigenvalue weighted by Crippen LogP contribution is 2.27. The lowest BCUT2D eigenvalue weighted by atomic mass is 10.1. The number of carbonyl (C=O) groups is 1. The molecular formula is C18H21NO5S. The molecular weight excluding hydrogens is 342 g/mol. The van der Waals surface area contributed by atoms with E-state index in [9.17, 15) is 13.2 Å². The van der Waals surface area contributed by atoms with Crippen molar-refractivity contribution in [1.82, 2.24) is 4.31 Å². The van der Waals surface area contributed by atoms with Gasteiger partial charge in [0.1, 0.15) is 16.4 Å². The Morgan fingerprint density at radius 2 is 1.68 bits per heavy atom. The zero-order chi connectivity index (χ0) is 18.8. The predicted octanol–water partition coefficient (Wildman–Crippen LogP) is 2.78. The summed E-state index contributed by atoms with van der Waals surface area (Å²) < 4.78 is 36.4. The number of esters is 1. The second kappa shape index (κ2) is 7.25. The van der Waals surface area contributed by atoms with Crippen LogP contribution in [0.2, 0.25) is 0 Å². The number of benzene rings is 2. The van der Waals surface area contributed by atoms with E-state index in [4.69, 9.17) is 9.47 Å². The Balaban J connectivity index is 2.39. The molecule has 0 saturated carbocycles. The van der Waals surface area contributed by atoms with Crippen LogP contribution in [0.4, 0.5) is 0 Å². The Bertz CT molecular complexity index is 904. The van der Waals surface area contributed by atoms with Crippen LogP contribution in [0.15, 0.2) is 41.3 Å². The largest absolute Gasteiger partial charge is 0.495 e. The van der Waals surface area contributed by atoms with Gasteiger partial charge >= 0.3 is 5.97 Å². The second-order valence-corrected chi connectivity index (χ2v) is 7.91. The fraction of sp³-hybridized carbons (Fsp3) is 0.278. The molecule has 0 unspecified atom stereocenters. The number of aryl methyl sites for hydroxylation is 2. The highest BCUT2D eigenvalue weighted by Gasteiger charge is 2.24. The van der Waals surface area contributed by atoms with Crippen LogP contribution < -0.4 is 9.47 Å². The number of methoxy groups -OCH3 is 1. The normalized spacial score (nSPS) is 11.4. The molecule has 2 rings (SSSR count). The van der Waals surface area contributed by atoms with Crippen LogP contribution in [0.5, 0.6) is 11.5 Å². The minimum Gasteiger partial charge on any atom is -0.495 e. The van der Waals surface area contributed by atoms with E-state index in [1.807, 2.05) is 19.9 Å². The van der Waals surface area contributed by atoms with Crippen LogP contribution >= 0.6 is 0 Å². The Labute approximate surface area is 148 Å². The molecule has 0 amide bonds. The van der Waals surface area contributed by atoms with Crippen molar-refractivity contribution in [2.45, 2.75) is 18.7 Å². The first-order chi connectivity index (χ1) is 11.7. The molecule has 0 aliphatic heterocycles. The molecule has 0 heterocycles. The van der Waals surface area contributed by atoms with E-state index < -0.39 is 16.0 Å². The maximum Gasteiger partial charge on any atom is 0.343 e. The number of rotatable bonds is 5. The molecule has 0 N–H and O–H groups in total. The number of hydrogen-bond acceptors (Lipinski definition) is 5. The fourth-order valence-electron chi connectivity index (χ4n) is 2.15. The predicted molar refractivity (Wildman–Crippen MR) is 94.7 cm³/mol. The average molecular weight is 363 g/mol. The zero-order valence-electron chi connectivity index (χ0n) is 14.9. The van der Waals surface area contributed by atoms with Crippen LogP contribution in [0, 0.1) is 13.8 Å². The standard InChI is InChI=1S/C18H21NO5S/c1-12-6-8-15(10-13(12)2)24-18(20)14-7-9-16(23-5)17(11-14)25(21,22)19(3)4/h6-11H,1-5H3. The lowest BCUT2D eigenvalue weighted by molar-refractivity contribution is 0.0734. The molecule has 0 saturated heterocycles. The summed E-state index contributed by atoms with van der Waals surface area (Å²) in [6.07, 6.45) is 0. The van der Waals surface area contributed by atoms with Crippen LogP contribution in [-0.2, 0) is 10.0 Å². The highest BCUT2D eigenvalue weighted by atomic mass is 32.2. The average Bonchev–Trinajstić information content (AvgIpc) is 2.57. The SMILES string of the molecule is COc1ccc(C(=O)Oc2ccc(C)c(C)c2)cc1S(=O)(=O)N(C)C. The summed E-state index contributed by atoms with van der Waals surface area (Å²) in [5, 5.41) is 0. The maximum absolute atomic E-state index is 12.4. The first kappa shape index (κ1) is 19.0. The monoisotopic (exact) mass is 363 g/mol. The molecule has 0 aliphatic rings. The number of sulfonamides is 1. The quantitative estimate of drug-likeness (QED) is 0.603. The smallest absolute Gasteiger partial charge is 0.343 e. The third kappa shape index (κ3) is 4.00. The summed E-state index contributed by atoms with van der Waals surface area (Å²) in [5.74, 6) is -0.0709. The van der Waals surface area contributed by atoms with Crippen molar-refractivity contribution in [3.8, 4) is 11.5 Å². The molecule has 2 aromatic rings. The third-order valence-electron chi connectivity index (χ3n) is 3.85. The first-order valence-electron chi connectivity index (χ1n) is 7.57. The summed E-state index contributed by atoms with van der Waals surface area (Å²) in [7, 11) is 0.435. The minimum atomic E-state index is -3.76. The minimum absolute atomic E-state index is 0.0884. The maximum atomic E-state index is 12.4. The molecule has 0 bridgehead atoms. The van der Waals surface area contributed by atoms with Gasteiger partial charge in [0.2, 0.25) is 10.0 Å². The van der Waals surface area contributed by atoms with Gasteiger partial charge in [-0.15, -0.1) is 0 Å². The van der Waals surface area contributed by atoms with E-state index in [0.29, 0.717) is 5.75 Å². The second-order valence-electron chi connectivity index (χ2n) is 5.79. The molecule has 134 valence electrons. The molecule has 0 radical (unpaired) electrons. The molecule has 2 aromatic carbocycles. The van der Waals surface area contributed by atoms with Gasteiger partial charge in [-0.05, 0) is 55.3 Å². The molecule has 7 heteroatoms. The summed E-state index contributed by atoms with van der Waals surface area (Å²) in [6, 6.07) is 9.48. The third-order valence-corrected chi connectivity index (χ3v) is 5.68. The van der Waals surface area contributed by atoms with Gasteiger partial charge in [-0.2, -0.15) is 0 Å². The lowest BCUT2D eigenvalue weighted by Crippen LogP contribution is -2.23. The van der Waals surface area contributed by atoms with Gasteiger partial charge in [0, 0.05) is 14.1 Å². The van der Waals surface area contributed by atoms with Gasteiger partial charge in [0.05, 0.1) is 12.7 Å². The van der Waals surface area contributed by atoms with Crippen LogP contribution in [0.25, 0.3) is 0 Å². The molecule has 0 aliphatic carbocycles. The first-order valence-corrected chi connectivity index (χ1v) is 9.01. The van der Waals surface area contributed by atoms with E-state index in [2.05, 4.69) is 0 Å². The van der Waals surface area contributed by atoms with Crippen LogP contribution in [0.3, 0.4) is 0 Å². The summed E-state index contributed by atoms with van der Waals surface area (Å²) >= 11 is 0. The van der Waals surface area contributed by atoms with Gasteiger partial charge in [-0.3, -0.25) is 0 Å². The summed E-state index contributed by atoms with van der Waals surface area (Å²) in [4.78, 5) is 12.3. The van der Waals surface area contributed by atoms with E-state index in [-0.39, 0.29) is 16.2 Å². The number of ether oxygens (including phenoxy) is 2. The molecule has 0 fully saturated rings. The van der Waals surface area contributed by atoms with Gasteiger partial charge < -0.3 is 9.47 Å². The zero-order valence-corrected chi connectivity index (χ0v) is 15.7. The van der Waals surface area contributed by atoms with Crippen molar-refractivity contribution in [3.05, 3.63) is 53.1 Å². The molecule has 6 nitrogen and oxygen atoms in total. The van der Waals surface area contributed by atoms with Crippen molar-refractivity contribution >= 4 is 16.0 Å². The lowest BCUT2D eigenvalue weighted by Gasteiger charge is -2.15. The number of hydrogen-bond donors (Lipinski definition) is 0. The van der Waals surface area contributed by atoms with Gasteiger partial charge in [0.15, 0.2) is 0 Å². The van der Waals surface area contributed by atoms with Crippen LogP contribution in [0.1, 0.15) is 21.5 Å². The van der Waals surface area contributed by atoms with Crippen LogP contribution in [-0.4, -0.2) is 39.9 Å². The highest BCUT2D eigenvalue weighted by molar-refractivity contribution is 7.89. The number of carbonyl (C=O) groups excluding carboxylic acids is 1. The van der Waals surface area contributed by atoms with E-state index in [1.165, 1.54) is 39.4 Å². The molecule has 0 aromatic heterocycles. The van der Waals surface area contributed by atoms with Crippen molar-refractivity contribution in [3.63, 3.8) is 0 Å². The summed E-state index contributed by atoms with van der Waals surface area (Å²) in [5.41, 5.74) is 2.21.